The summed E-state index contributed by atoms with van der Waals surface area (Å²) in [7, 11) is 3.43. The standard InChI is InChI=1S/C21H26F2N4O/c1-4-24-21(25-10-9-16-11-18(22)13-19(23)12-16)26-14-15-5-7-17(8-6-15)20(28)27(2)3/h5-8,11-13H,4,9-10,14H2,1-3H3,(H2,24,25,26). The molecule has 0 saturated carbocycles. The second-order valence-corrected chi connectivity index (χ2v) is 6.55. The molecule has 0 aliphatic carbocycles. The van der Waals surface area contributed by atoms with Crippen LogP contribution in [0.15, 0.2) is 47.5 Å². The van der Waals surface area contributed by atoms with E-state index in [2.05, 4.69) is 15.6 Å². The van der Waals surface area contributed by atoms with Crippen molar-refractivity contribution in [2.24, 2.45) is 4.99 Å². The minimum Gasteiger partial charge on any atom is -0.357 e. The highest BCUT2D eigenvalue weighted by atomic mass is 19.1. The lowest BCUT2D eigenvalue weighted by atomic mass is 10.1. The zero-order chi connectivity index (χ0) is 20.5. The van der Waals surface area contributed by atoms with E-state index in [-0.39, 0.29) is 5.91 Å². The van der Waals surface area contributed by atoms with E-state index in [1.54, 1.807) is 26.2 Å². The van der Waals surface area contributed by atoms with Gasteiger partial charge in [-0.2, -0.15) is 0 Å². The van der Waals surface area contributed by atoms with Gasteiger partial charge in [-0.1, -0.05) is 12.1 Å². The molecule has 1 amide bonds. The molecule has 0 aliphatic heterocycles. The van der Waals surface area contributed by atoms with Crippen LogP contribution in [0.4, 0.5) is 8.78 Å². The number of hydrogen-bond acceptors (Lipinski definition) is 2. The van der Waals surface area contributed by atoms with Crippen molar-refractivity contribution in [3.8, 4) is 0 Å². The molecule has 0 fully saturated rings. The molecule has 7 heteroatoms. The van der Waals surface area contributed by atoms with Crippen molar-refractivity contribution in [1.29, 1.82) is 0 Å². The summed E-state index contributed by atoms with van der Waals surface area (Å²) in [6.07, 6.45) is 0.473. The average molecular weight is 388 g/mol. The molecular weight excluding hydrogens is 362 g/mol. The normalized spacial score (nSPS) is 11.2. The minimum absolute atomic E-state index is 0.0427. The third-order valence-electron chi connectivity index (χ3n) is 4.00. The maximum absolute atomic E-state index is 13.2. The molecule has 28 heavy (non-hydrogen) atoms. The van der Waals surface area contributed by atoms with Gasteiger partial charge in [0.15, 0.2) is 5.96 Å². The van der Waals surface area contributed by atoms with Gasteiger partial charge in [-0.25, -0.2) is 13.8 Å². The van der Waals surface area contributed by atoms with Crippen LogP contribution in [0.3, 0.4) is 0 Å². The first-order valence-electron chi connectivity index (χ1n) is 9.16. The topological polar surface area (TPSA) is 56.7 Å². The van der Waals surface area contributed by atoms with Crippen LogP contribution in [0.2, 0.25) is 0 Å². The summed E-state index contributed by atoms with van der Waals surface area (Å²) in [5, 5.41) is 6.29. The van der Waals surface area contributed by atoms with Gasteiger partial charge in [0.1, 0.15) is 11.6 Å². The van der Waals surface area contributed by atoms with Crippen molar-refractivity contribution < 1.29 is 13.6 Å². The van der Waals surface area contributed by atoms with Gasteiger partial charge in [-0.05, 0) is 48.7 Å². The number of aliphatic imine (C=N–C) groups is 1. The van der Waals surface area contributed by atoms with Gasteiger partial charge in [0.25, 0.3) is 5.91 Å². The molecule has 0 radical (unpaired) electrons. The van der Waals surface area contributed by atoms with E-state index in [4.69, 9.17) is 0 Å². The van der Waals surface area contributed by atoms with Gasteiger partial charge in [0, 0.05) is 38.8 Å². The summed E-state index contributed by atoms with van der Waals surface area (Å²) in [6, 6.07) is 10.8. The van der Waals surface area contributed by atoms with Gasteiger partial charge in [0.2, 0.25) is 0 Å². The van der Waals surface area contributed by atoms with Gasteiger partial charge < -0.3 is 15.5 Å². The zero-order valence-corrected chi connectivity index (χ0v) is 16.4. The van der Waals surface area contributed by atoms with E-state index in [1.165, 1.54) is 17.0 Å². The lowest BCUT2D eigenvalue weighted by Gasteiger charge is -2.12. The predicted molar refractivity (Wildman–Crippen MR) is 107 cm³/mol. The lowest BCUT2D eigenvalue weighted by molar-refractivity contribution is 0.0827. The number of halogens is 2. The third kappa shape index (κ3) is 6.64. The Morgan fingerprint density at radius 1 is 1.00 bits per heavy atom. The Labute approximate surface area is 164 Å². The molecule has 5 nitrogen and oxygen atoms in total. The summed E-state index contributed by atoms with van der Waals surface area (Å²) in [5.41, 5.74) is 2.19. The predicted octanol–water partition coefficient (Wildman–Crippen LogP) is 2.96. The van der Waals surface area contributed by atoms with Crippen molar-refractivity contribution in [2.45, 2.75) is 19.9 Å². The van der Waals surface area contributed by atoms with Crippen molar-refractivity contribution >= 4 is 11.9 Å². The Bertz CT molecular complexity index is 799. The molecule has 2 N–H and O–H groups in total. The van der Waals surface area contributed by atoms with Crippen LogP contribution >= 0.6 is 0 Å². The van der Waals surface area contributed by atoms with Crippen molar-refractivity contribution in [3.05, 3.63) is 70.8 Å². The van der Waals surface area contributed by atoms with Crippen LogP contribution < -0.4 is 10.6 Å². The third-order valence-corrected chi connectivity index (χ3v) is 4.00. The summed E-state index contributed by atoms with van der Waals surface area (Å²) in [5.74, 6) is -0.579. The molecule has 2 aromatic carbocycles. The average Bonchev–Trinajstić information content (AvgIpc) is 2.65. The van der Waals surface area contributed by atoms with Gasteiger partial charge in [0.05, 0.1) is 6.54 Å². The molecular formula is C21H26F2N4O. The number of nitrogens with zero attached hydrogens (tertiary/aromatic N) is 2. The minimum atomic E-state index is -0.577. The van der Waals surface area contributed by atoms with Crippen LogP contribution in [-0.4, -0.2) is 44.0 Å². The van der Waals surface area contributed by atoms with Gasteiger partial charge >= 0.3 is 0 Å². The zero-order valence-electron chi connectivity index (χ0n) is 16.4. The Balaban J connectivity index is 1.93. The van der Waals surface area contributed by atoms with E-state index in [1.807, 2.05) is 19.1 Å². The first-order chi connectivity index (χ1) is 13.4. The maximum Gasteiger partial charge on any atom is 0.253 e. The van der Waals surface area contributed by atoms with Crippen molar-refractivity contribution in [1.82, 2.24) is 15.5 Å². The first-order valence-corrected chi connectivity index (χ1v) is 9.16. The lowest BCUT2D eigenvalue weighted by Crippen LogP contribution is -2.38. The number of carbonyl (C=O) groups is 1. The molecule has 0 spiro atoms. The summed E-state index contributed by atoms with van der Waals surface area (Å²) in [6.45, 7) is 3.59. The van der Waals surface area contributed by atoms with Gasteiger partial charge in [-0.3, -0.25) is 4.79 Å². The number of guanidine groups is 1. The summed E-state index contributed by atoms with van der Waals surface area (Å²) in [4.78, 5) is 18.0. The van der Waals surface area contributed by atoms with Crippen molar-refractivity contribution in [2.75, 3.05) is 27.2 Å². The van der Waals surface area contributed by atoms with Crippen LogP contribution in [0.1, 0.15) is 28.4 Å². The van der Waals surface area contributed by atoms with E-state index in [0.29, 0.717) is 43.1 Å². The molecule has 150 valence electrons. The fourth-order valence-electron chi connectivity index (χ4n) is 2.60. The van der Waals surface area contributed by atoms with E-state index >= 15 is 0 Å². The Morgan fingerprint density at radius 2 is 1.64 bits per heavy atom. The second-order valence-electron chi connectivity index (χ2n) is 6.55. The highest BCUT2D eigenvalue weighted by Crippen LogP contribution is 2.09. The van der Waals surface area contributed by atoms with Crippen LogP contribution in [0, 0.1) is 11.6 Å². The molecule has 0 aromatic heterocycles. The van der Waals surface area contributed by atoms with Crippen LogP contribution in [0.5, 0.6) is 0 Å². The molecule has 2 rings (SSSR count). The van der Waals surface area contributed by atoms with Crippen LogP contribution in [-0.2, 0) is 13.0 Å². The molecule has 0 unspecified atom stereocenters. The van der Waals surface area contributed by atoms with E-state index in [0.717, 1.165) is 11.6 Å². The Hall–Kier alpha value is -2.96. The number of nitrogens with one attached hydrogen (secondary N) is 2. The molecule has 0 atom stereocenters. The van der Waals surface area contributed by atoms with Crippen LogP contribution in [0.25, 0.3) is 0 Å². The smallest absolute Gasteiger partial charge is 0.253 e. The highest BCUT2D eigenvalue weighted by Gasteiger charge is 2.07. The second kappa shape index (κ2) is 10.4. The van der Waals surface area contributed by atoms with Crippen molar-refractivity contribution in [3.63, 3.8) is 0 Å². The SMILES string of the molecule is CCNC(=NCc1ccc(C(=O)N(C)C)cc1)NCCc1cc(F)cc(F)c1. The van der Waals surface area contributed by atoms with E-state index in [9.17, 15) is 13.6 Å². The largest absolute Gasteiger partial charge is 0.357 e. The number of amides is 1. The summed E-state index contributed by atoms with van der Waals surface area (Å²) < 4.78 is 26.5. The fourth-order valence-corrected chi connectivity index (χ4v) is 2.60. The summed E-state index contributed by atoms with van der Waals surface area (Å²) >= 11 is 0. The first kappa shape index (κ1) is 21.3. The monoisotopic (exact) mass is 388 g/mol. The number of benzene rings is 2. The molecule has 2 aromatic rings. The molecule has 0 heterocycles. The Morgan fingerprint density at radius 3 is 2.21 bits per heavy atom. The molecule has 0 bridgehead atoms. The fraction of sp³-hybridized carbons (Fsp3) is 0.333. The van der Waals surface area contributed by atoms with Gasteiger partial charge in [-0.15, -0.1) is 0 Å². The molecule has 0 aliphatic rings. The molecule has 0 saturated heterocycles. The number of hydrogen-bond donors (Lipinski definition) is 2. The number of rotatable bonds is 7. The maximum atomic E-state index is 13.2. The number of carbonyl (C=O) groups excluding carboxylic acids is 1. The Kier molecular flexibility index (Phi) is 7.92. The quantitative estimate of drug-likeness (QED) is 0.566. The highest BCUT2D eigenvalue weighted by molar-refractivity contribution is 5.93. The van der Waals surface area contributed by atoms with E-state index < -0.39 is 11.6 Å².